The summed E-state index contributed by atoms with van der Waals surface area (Å²) >= 11 is 0. The molecule has 3 N–H and O–H groups in total. The minimum Gasteiger partial charge on any atom is -0.394 e. The third kappa shape index (κ3) is 5.86. The predicted octanol–water partition coefficient (Wildman–Crippen LogP) is 4.39. The number of rotatable bonds is 9. The highest BCUT2D eigenvalue weighted by Gasteiger charge is 2.25. The second-order valence-corrected chi connectivity index (χ2v) is 9.47. The van der Waals surface area contributed by atoms with Crippen molar-refractivity contribution in [2.24, 2.45) is 0 Å². The van der Waals surface area contributed by atoms with Gasteiger partial charge in [-0.25, -0.2) is 4.39 Å². The number of fused-ring (bicyclic) bond motifs is 1. The second kappa shape index (κ2) is 11.3. The molecule has 2 amide bonds. The van der Waals surface area contributed by atoms with Gasteiger partial charge in [0.05, 0.1) is 23.9 Å². The first kappa shape index (κ1) is 26.0. The molecule has 0 spiro atoms. The van der Waals surface area contributed by atoms with E-state index in [9.17, 15) is 19.1 Å². The summed E-state index contributed by atoms with van der Waals surface area (Å²) in [4.78, 5) is 30.2. The molecular weight excluding hydrogens is 471 g/mol. The molecule has 0 saturated carbocycles. The monoisotopic (exact) mass is 502 g/mol. The molecule has 2 aromatic heterocycles. The Kier molecular flexibility index (Phi) is 7.98. The zero-order valence-electron chi connectivity index (χ0n) is 21.2. The molecule has 2 heterocycles. The lowest BCUT2D eigenvalue weighted by molar-refractivity contribution is 0.0920. The van der Waals surface area contributed by atoms with Crippen LogP contribution in [0.3, 0.4) is 0 Å². The summed E-state index contributed by atoms with van der Waals surface area (Å²) in [5.41, 5.74) is 4.19. The molecule has 8 heteroatoms. The Morgan fingerprint density at radius 3 is 2.43 bits per heavy atom. The molecule has 2 aromatic carbocycles. The van der Waals surface area contributed by atoms with Crippen LogP contribution in [-0.2, 0) is 13.1 Å². The lowest BCUT2D eigenvalue weighted by Gasteiger charge is -2.16. The van der Waals surface area contributed by atoms with E-state index in [1.807, 2.05) is 44.2 Å². The molecule has 0 fully saturated rings. The number of halogens is 1. The van der Waals surface area contributed by atoms with Gasteiger partial charge in [0.1, 0.15) is 5.82 Å². The van der Waals surface area contributed by atoms with Crippen LogP contribution < -0.4 is 10.6 Å². The summed E-state index contributed by atoms with van der Waals surface area (Å²) in [7, 11) is 0. The Labute approximate surface area is 215 Å². The Balaban J connectivity index is 1.81. The fourth-order valence-electron chi connectivity index (χ4n) is 4.46. The molecule has 0 aliphatic carbocycles. The molecule has 4 aromatic rings. The number of aromatic nitrogens is 2. The third-order valence-electron chi connectivity index (χ3n) is 6.19. The Morgan fingerprint density at radius 1 is 1.00 bits per heavy atom. The standard InChI is InChI=1S/C29H31FN4O3/c1-18(2)27-26(29(37)32-14-21-11-23(30)15-31-13-21)24-10-9-22(28(36)33-19(3)17-35)12-25(24)34(27)16-20-7-5-4-6-8-20/h4-13,15,18-19,35H,14,16-17H2,1-3H3,(H,32,37)(H,33,36)/t19-/m0/s1. The number of benzene rings is 2. The maximum absolute atomic E-state index is 13.6. The zero-order chi connectivity index (χ0) is 26.5. The van der Waals surface area contributed by atoms with Crippen LogP contribution in [0, 0.1) is 5.82 Å². The predicted molar refractivity (Wildman–Crippen MR) is 141 cm³/mol. The minimum atomic E-state index is -0.463. The number of aliphatic hydroxyl groups excluding tert-OH is 1. The van der Waals surface area contributed by atoms with Crippen molar-refractivity contribution >= 4 is 22.7 Å². The van der Waals surface area contributed by atoms with Gasteiger partial charge in [0.15, 0.2) is 0 Å². The number of nitrogens with one attached hydrogen (secondary N) is 2. The van der Waals surface area contributed by atoms with Gasteiger partial charge in [-0.1, -0.05) is 50.2 Å². The average Bonchev–Trinajstić information content (AvgIpc) is 3.21. The molecule has 192 valence electrons. The summed E-state index contributed by atoms with van der Waals surface area (Å²) in [6, 6.07) is 16.1. The first-order valence-electron chi connectivity index (χ1n) is 12.3. The largest absolute Gasteiger partial charge is 0.394 e. The zero-order valence-corrected chi connectivity index (χ0v) is 21.2. The molecule has 37 heavy (non-hydrogen) atoms. The summed E-state index contributed by atoms with van der Waals surface area (Å²) < 4.78 is 15.7. The second-order valence-electron chi connectivity index (χ2n) is 9.47. The van der Waals surface area contributed by atoms with Crippen LogP contribution in [0.2, 0.25) is 0 Å². The highest BCUT2D eigenvalue weighted by molar-refractivity contribution is 6.10. The SMILES string of the molecule is CC(C)c1c(C(=O)NCc2cncc(F)c2)c2ccc(C(=O)N[C@@H](C)CO)cc2n1Cc1ccccc1. The lowest BCUT2D eigenvalue weighted by atomic mass is 10.0. The van der Waals surface area contributed by atoms with E-state index in [1.54, 1.807) is 25.1 Å². The number of hydrogen-bond donors (Lipinski definition) is 3. The first-order chi connectivity index (χ1) is 17.8. The number of nitrogens with zero attached hydrogens (tertiary/aromatic N) is 2. The number of carbonyl (C=O) groups excluding carboxylic acids is 2. The Hall–Kier alpha value is -4.04. The quantitative estimate of drug-likeness (QED) is 0.316. The number of aliphatic hydroxyl groups is 1. The first-order valence-corrected chi connectivity index (χ1v) is 12.3. The highest BCUT2D eigenvalue weighted by Crippen LogP contribution is 2.33. The van der Waals surface area contributed by atoms with Crippen LogP contribution in [-0.4, -0.2) is 39.1 Å². The summed E-state index contributed by atoms with van der Waals surface area (Å²) in [5, 5.41) is 15.7. The molecule has 0 unspecified atom stereocenters. The van der Waals surface area contributed by atoms with Crippen molar-refractivity contribution in [3.8, 4) is 0 Å². The van der Waals surface area contributed by atoms with Crippen LogP contribution in [0.4, 0.5) is 4.39 Å². The van der Waals surface area contributed by atoms with Gasteiger partial charge in [-0.15, -0.1) is 0 Å². The summed E-state index contributed by atoms with van der Waals surface area (Å²) in [5.74, 6) is -1.04. The van der Waals surface area contributed by atoms with Crippen molar-refractivity contribution in [2.75, 3.05) is 6.61 Å². The fraction of sp³-hybridized carbons (Fsp3) is 0.276. The maximum atomic E-state index is 13.6. The van der Waals surface area contributed by atoms with Crippen LogP contribution in [0.5, 0.6) is 0 Å². The van der Waals surface area contributed by atoms with E-state index in [1.165, 1.54) is 12.3 Å². The van der Waals surface area contributed by atoms with Crippen molar-refractivity contribution in [1.82, 2.24) is 20.2 Å². The van der Waals surface area contributed by atoms with Crippen molar-refractivity contribution in [1.29, 1.82) is 0 Å². The van der Waals surface area contributed by atoms with E-state index in [0.717, 1.165) is 28.4 Å². The number of pyridine rings is 1. The van der Waals surface area contributed by atoms with Crippen LogP contribution in [0.25, 0.3) is 10.9 Å². The number of carbonyl (C=O) groups is 2. The normalized spacial score (nSPS) is 12.1. The van der Waals surface area contributed by atoms with E-state index < -0.39 is 5.82 Å². The molecule has 7 nitrogen and oxygen atoms in total. The third-order valence-corrected chi connectivity index (χ3v) is 6.19. The fourth-order valence-corrected chi connectivity index (χ4v) is 4.46. The van der Waals surface area contributed by atoms with Gasteiger partial charge in [-0.2, -0.15) is 0 Å². The van der Waals surface area contributed by atoms with Crippen LogP contribution >= 0.6 is 0 Å². The summed E-state index contributed by atoms with van der Waals surface area (Å²) in [6.07, 6.45) is 2.64. The average molecular weight is 503 g/mol. The summed E-state index contributed by atoms with van der Waals surface area (Å²) in [6.45, 7) is 6.26. The molecule has 1 atom stereocenters. The smallest absolute Gasteiger partial charge is 0.254 e. The van der Waals surface area contributed by atoms with E-state index >= 15 is 0 Å². The van der Waals surface area contributed by atoms with Gasteiger partial charge in [-0.05, 0) is 42.2 Å². The van der Waals surface area contributed by atoms with Gasteiger partial charge < -0.3 is 20.3 Å². The van der Waals surface area contributed by atoms with E-state index in [4.69, 9.17) is 0 Å². The molecule has 4 rings (SSSR count). The molecule has 0 radical (unpaired) electrons. The van der Waals surface area contributed by atoms with Crippen LogP contribution in [0.15, 0.2) is 67.0 Å². The van der Waals surface area contributed by atoms with Crippen LogP contribution in [0.1, 0.15) is 64.2 Å². The van der Waals surface area contributed by atoms with Crippen molar-refractivity contribution in [3.05, 3.63) is 101 Å². The van der Waals surface area contributed by atoms with E-state index in [0.29, 0.717) is 23.2 Å². The molecular formula is C29H31FN4O3. The highest BCUT2D eigenvalue weighted by atomic mass is 19.1. The molecule has 0 aliphatic rings. The van der Waals surface area contributed by atoms with E-state index in [-0.39, 0.29) is 36.9 Å². The molecule has 0 saturated heterocycles. The maximum Gasteiger partial charge on any atom is 0.254 e. The van der Waals surface area contributed by atoms with Crippen molar-refractivity contribution in [3.63, 3.8) is 0 Å². The number of hydrogen-bond acceptors (Lipinski definition) is 4. The van der Waals surface area contributed by atoms with Gasteiger partial charge in [0.2, 0.25) is 0 Å². The van der Waals surface area contributed by atoms with E-state index in [2.05, 4.69) is 20.2 Å². The lowest BCUT2D eigenvalue weighted by Crippen LogP contribution is -2.34. The Morgan fingerprint density at radius 2 is 1.76 bits per heavy atom. The van der Waals surface area contributed by atoms with Crippen molar-refractivity contribution in [2.45, 2.75) is 45.8 Å². The van der Waals surface area contributed by atoms with Gasteiger partial charge >= 0.3 is 0 Å². The van der Waals surface area contributed by atoms with Gasteiger partial charge in [0.25, 0.3) is 11.8 Å². The topological polar surface area (TPSA) is 96.2 Å². The van der Waals surface area contributed by atoms with Crippen molar-refractivity contribution < 1.29 is 19.1 Å². The molecule has 0 bridgehead atoms. The Bertz CT molecular complexity index is 1420. The van der Waals surface area contributed by atoms with Gasteiger partial charge in [0, 0.05) is 42.0 Å². The molecule has 0 aliphatic heterocycles. The minimum absolute atomic E-state index is 0.000568. The van der Waals surface area contributed by atoms with Gasteiger partial charge in [-0.3, -0.25) is 14.6 Å². The number of amides is 2.